The monoisotopic (exact) mass is 350 g/mol. The summed E-state index contributed by atoms with van der Waals surface area (Å²) in [6, 6.07) is 11.2. The molecule has 2 aromatic rings. The van der Waals surface area contributed by atoms with Gasteiger partial charge in [0.05, 0.1) is 0 Å². The maximum atomic E-state index is 9.45. The predicted octanol–water partition coefficient (Wildman–Crippen LogP) is 5.23. The van der Waals surface area contributed by atoms with Crippen LogP contribution in [0.4, 0.5) is 0 Å². The minimum absolute atomic E-state index is 0.0179. The van der Waals surface area contributed by atoms with Crippen molar-refractivity contribution in [3.8, 4) is 16.9 Å². The van der Waals surface area contributed by atoms with Crippen LogP contribution in [-0.2, 0) is 16.2 Å². The van der Waals surface area contributed by atoms with Crippen molar-refractivity contribution in [1.29, 1.82) is 0 Å². The molecule has 0 saturated heterocycles. The molecule has 0 heterocycles. The quantitative estimate of drug-likeness (QED) is 0.752. The van der Waals surface area contributed by atoms with E-state index >= 15 is 0 Å². The summed E-state index contributed by atoms with van der Waals surface area (Å²) in [5, 5.41) is 9.45. The van der Waals surface area contributed by atoms with Crippen LogP contribution in [-0.4, -0.2) is 12.7 Å². The van der Waals surface area contributed by atoms with E-state index in [1.165, 1.54) is 27.8 Å². The van der Waals surface area contributed by atoms with Crippen molar-refractivity contribution in [2.45, 2.75) is 71.6 Å². The van der Waals surface area contributed by atoms with Crippen LogP contribution < -0.4 is 4.65 Å². The van der Waals surface area contributed by atoms with E-state index in [9.17, 15) is 5.02 Å². The van der Waals surface area contributed by atoms with Crippen molar-refractivity contribution in [3.63, 3.8) is 0 Å². The predicted molar refractivity (Wildman–Crippen MR) is 111 cm³/mol. The Morgan fingerprint density at radius 3 is 1.96 bits per heavy atom. The maximum Gasteiger partial charge on any atom is 0.504 e. The standard InChI is InChI=1S/C23H31BO2/c1-21(2,3)14-9-10-16-17(11-14)23(7,8)18-12-15(22(4,5)6)13-19(20(16)18)26-24-25/h9-13,24-25H,1-8H3. The van der Waals surface area contributed by atoms with E-state index in [-0.39, 0.29) is 23.9 Å². The minimum Gasteiger partial charge on any atom is -0.538 e. The largest absolute Gasteiger partial charge is 0.538 e. The van der Waals surface area contributed by atoms with Crippen LogP contribution in [0.3, 0.4) is 0 Å². The molecule has 0 saturated carbocycles. The van der Waals surface area contributed by atoms with E-state index in [2.05, 4.69) is 85.7 Å². The van der Waals surface area contributed by atoms with E-state index < -0.39 is 0 Å². The molecule has 0 amide bonds. The van der Waals surface area contributed by atoms with Gasteiger partial charge >= 0.3 is 7.69 Å². The topological polar surface area (TPSA) is 29.5 Å². The zero-order valence-electron chi connectivity index (χ0n) is 17.4. The van der Waals surface area contributed by atoms with Crippen LogP contribution in [0.15, 0.2) is 30.3 Å². The summed E-state index contributed by atoms with van der Waals surface area (Å²) in [7, 11) is -0.310. The van der Waals surface area contributed by atoms with Crippen LogP contribution in [0.25, 0.3) is 11.1 Å². The lowest BCUT2D eigenvalue weighted by Crippen LogP contribution is -2.19. The number of fused-ring (bicyclic) bond motifs is 3. The summed E-state index contributed by atoms with van der Waals surface area (Å²) >= 11 is 0. The van der Waals surface area contributed by atoms with Crippen molar-refractivity contribution >= 4 is 7.69 Å². The molecule has 138 valence electrons. The van der Waals surface area contributed by atoms with Gasteiger partial charge in [0, 0.05) is 11.0 Å². The van der Waals surface area contributed by atoms with Gasteiger partial charge in [-0.3, -0.25) is 0 Å². The lowest BCUT2D eigenvalue weighted by atomic mass is 9.77. The number of benzene rings is 2. The Kier molecular flexibility index (Phi) is 4.31. The lowest BCUT2D eigenvalue weighted by molar-refractivity contribution is 0.452. The van der Waals surface area contributed by atoms with Crippen molar-refractivity contribution in [1.82, 2.24) is 0 Å². The second kappa shape index (κ2) is 5.89. The highest BCUT2D eigenvalue weighted by molar-refractivity contribution is 6.17. The third kappa shape index (κ3) is 2.97. The van der Waals surface area contributed by atoms with Gasteiger partial charge in [-0.05, 0) is 44.7 Å². The summed E-state index contributed by atoms with van der Waals surface area (Å²) in [5.74, 6) is 0.783. The van der Waals surface area contributed by atoms with E-state index in [1.807, 2.05) is 0 Å². The summed E-state index contributed by atoms with van der Waals surface area (Å²) in [4.78, 5) is 0. The lowest BCUT2D eigenvalue weighted by Gasteiger charge is -2.27. The van der Waals surface area contributed by atoms with Crippen LogP contribution in [0, 0.1) is 0 Å². The Labute approximate surface area is 158 Å². The highest BCUT2D eigenvalue weighted by Gasteiger charge is 2.39. The van der Waals surface area contributed by atoms with Crippen LogP contribution in [0.1, 0.15) is 77.6 Å². The minimum atomic E-state index is -0.310. The van der Waals surface area contributed by atoms with E-state index in [0.29, 0.717) is 0 Å². The van der Waals surface area contributed by atoms with E-state index in [0.717, 1.165) is 11.3 Å². The van der Waals surface area contributed by atoms with Gasteiger partial charge in [-0.15, -0.1) is 0 Å². The molecule has 1 N–H and O–H groups in total. The maximum absolute atomic E-state index is 9.45. The molecule has 0 spiro atoms. The normalized spacial score (nSPS) is 15.4. The third-order valence-electron chi connectivity index (χ3n) is 5.69. The molecule has 0 unspecified atom stereocenters. The van der Waals surface area contributed by atoms with Crippen molar-refractivity contribution in [3.05, 3.63) is 52.6 Å². The molecule has 26 heavy (non-hydrogen) atoms. The van der Waals surface area contributed by atoms with Crippen LogP contribution in [0.5, 0.6) is 5.75 Å². The van der Waals surface area contributed by atoms with Gasteiger partial charge in [0.2, 0.25) is 0 Å². The molecule has 0 aliphatic heterocycles. The first-order chi connectivity index (χ1) is 11.9. The molecule has 0 atom stereocenters. The Bertz CT molecular complexity index is 852. The zero-order valence-corrected chi connectivity index (χ0v) is 17.4. The smallest absolute Gasteiger partial charge is 0.504 e. The molecule has 1 aliphatic carbocycles. The van der Waals surface area contributed by atoms with Gasteiger partial charge in [-0.2, -0.15) is 0 Å². The molecule has 1 aliphatic rings. The van der Waals surface area contributed by atoms with Crippen molar-refractivity contribution in [2.24, 2.45) is 0 Å². The molecule has 2 aromatic carbocycles. The number of hydrogen-bond acceptors (Lipinski definition) is 2. The fourth-order valence-corrected chi connectivity index (χ4v) is 3.89. The van der Waals surface area contributed by atoms with Gasteiger partial charge in [-0.25, -0.2) is 0 Å². The molecule has 0 bridgehead atoms. The highest BCUT2D eigenvalue weighted by Crippen LogP contribution is 2.54. The second-order valence-corrected chi connectivity index (χ2v) is 10.1. The van der Waals surface area contributed by atoms with Gasteiger partial charge in [-0.1, -0.05) is 79.7 Å². The zero-order chi connectivity index (χ0) is 19.5. The first kappa shape index (κ1) is 19.0. The summed E-state index contributed by atoms with van der Waals surface area (Å²) in [5.41, 5.74) is 7.60. The van der Waals surface area contributed by atoms with E-state index in [4.69, 9.17) is 4.65 Å². The van der Waals surface area contributed by atoms with Gasteiger partial charge < -0.3 is 9.68 Å². The molecule has 0 fully saturated rings. The Morgan fingerprint density at radius 1 is 0.846 bits per heavy atom. The Hall–Kier alpha value is -1.74. The first-order valence-electron chi connectivity index (χ1n) is 9.45. The first-order valence-corrected chi connectivity index (χ1v) is 9.45. The van der Waals surface area contributed by atoms with Crippen LogP contribution in [0.2, 0.25) is 0 Å². The SMILES string of the molecule is CC(C)(C)c1ccc2c(c1)C(C)(C)c1cc(C(C)(C)C)cc(OBO)c1-2. The van der Waals surface area contributed by atoms with Gasteiger partial charge in [0.25, 0.3) is 0 Å². The van der Waals surface area contributed by atoms with Crippen LogP contribution >= 0.6 is 0 Å². The third-order valence-corrected chi connectivity index (χ3v) is 5.69. The molecule has 0 aromatic heterocycles. The Balaban J connectivity index is 2.31. The molecular formula is C23H31BO2. The van der Waals surface area contributed by atoms with Gasteiger partial charge in [0.15, 0.2) is 0 Å². The molecule has 0 radical (unpaired) electrons. The molecular weight excluding hydrogens is 319 g/mol. The Morgan fingerprint density at radius 2 is 1.42 bits per heavy atom. The molecule has 3 rings (SSSR count). The number of hydrogen-bond donors (Lipinski definition) is 1. The fourth-order valence-electron chi connectivity index (χ4n) is 3.89. The van der Waals surface area contributed by atoms with E-state index in [1.54, 1.807) is 0 Å². The van der Waals surface area contributed by atoms with Gasteiger partial charge in [0.1, 0.15) is 5.75 Å². The number of rotatable bonds is 2. The highest BCUT2D eigenvalue weighted by atomic mass is 16.5. The van der Waals surface area contributed by atoms with Crippen molar-refractivity contribution in [2.75, 3.05) is 0 Å². The molecule has 3 heteroatoms. The summed E-state index contributed by atoms with van der Waals surface area (Å²) in [6.45, 7) is 18.0. The average molecular weight is 350 g/mol. The summed E-state index contributed by atoms with van der Waals surface area (Å²) in [6.07, 6.45) is 0. The fraction of sp³-hybridized carbons (Fsp3) is 0.478. The molecule has 2 nitrogen and oxygen atoms in total. The average Bonchev–Trinajstić information content (AvgIpc) is 2.74. The summed E-state index contributed by atoms with van der Waals surface area (Å²) < 4.78 is 5.69. The second-order valence-electron chi connectivity index (χ2n) is 10.1. The van der Waals surface area contributed by atoms with Crippen molar-refractivity contribution < 1.29 is 9.68 Å².